The predicted octanol–water partition coefficient (Wildman–Crippen LogP) is 5.41. The smallest absolute Gasteiger partial charge is 0.379 e. The van der Waals surface area contributed by atoms with Crippen LogP contribution in [0.2, 0.25) is 0 Å². The lowest BCUT2D eigenvalue weighted by Gasteiger charge is -2.18. The molecule has 0 spiro atoms. The van der Waals surface area contributed by atoms with Crippen LogP contribution in [-0.4, -0.2) is 13.3 Å². The Bertz CT molecular complexity index is 682. The van der Waals surface area contributed by atoms with Crippen LogP contribution in [0.25, 0.3) is 10.8 Å². The van der Waals surface area contributed by atoms with E-state index in [1.807, 2.05) is 62.4 Å². The van der Waals surface area contributed by atoms with Gasteiger partial charge in [-0.25, -0.2) is 4.57 Å². The van der Waals surface area contributed by atoms with E-state index < -0.39 is 7.60 Å². The fourth-order valence-corrected chi connectivity index (χ4v) is 3.36. The molecule has 0 saturated carbocycles. The first-order valence-electron chi connectivity index (χ1n) is 6.99. The maximum atomic E-state index is 12.7. The Balaban J connectivity index is 2.24. The van der Waals surface area contributed by atoms with E-state index in [2.05, 4.69) is 0 Å². The molecular formula is C17H21O3P. The number of hydrogen-bond donors (Lipinski definition) is 0. The largest absolute Gasteiger partial charge is 0.424 e. The minimum atomic E-state index is -3.13. The molecule has 2 aromatic carbocycles. The molecule has 0 aromatic heterocycles. The zero-order chi connectivity index (χ0) is 15.3. The van der Waals surface area contributed by atoms with Crippen molar-refractivity contribution >= 4 is 18.4 Å². The van der Waals surface area contributed by atoms with Gasteiger partial charge in [-0.15, -0.1) is 0 Å². The quantitative estimate of drug-likeness (QED) is 0.528. The molecule has 2 aromatic rings. The van der Waals surface area contributed by atoms with Crippen molar-refractivity contribution in [3.05, 3.63) is 54.1 Å². The Labute approximate surface area is 126 Å². The van der Waals surface area contributed by atoms with Crippen molar-refractivity contribution in [1.82, 2.24) is 0 Å². The molecule has 0 heterocycles. The van der Waals surface area contributed by atoms with E-state index in [1.165, 1.54) is 12.7 Å². The summed E-state index contributed by atoms with van der Waals surface area (Å²) in [5.41, 5.74) is 1.20. The molecule has 112 valence electrons. The Morgan fingerprint density at radius 2 is 1.86 bits per heavy atom. The SMILES string of the molecule is COP(=O)(CCC=C(C)C)Oc1cccc2ccccc12. The zero-order valence-electron chi connectivity index (χ0n) is 12.7. The van der Waals surface area contributed by atoms with Gasteiger partial charge in [0.25, 0.3) is 0 Å². The number of hydrogen-bond acceptors (Lipinski definition) is 3. The molecule has 0 N–H and O–H groups in total. The highest BCUT2D eigenvalue weighted by Gasteiger charge is 2.24. The maximum Gasteiger partial charge on any atom is 0.379 e. The number of rotatable bonds is 6. The van der Waals surface area contributed by atoms with Crippen LogP contribution in [0.1, 0.15) is 20.3 Å². The van der Waals surface area contributed by atoms with Crippen molar-refractivity contribution in [2.75, 3.05) is 13.3 Å². The summed E-state index contributed by atoms with van der Waals surface area (Å²) in [5, 5.41) is 2.00. The van der Waals surface area contributed by atoms with E-state index in [4.69, 9.17) is 9.05 Å². The Kier molecular flexibility index (Phi) is 5.22. The van der Waals surface area contributed by atoms with E-state index in [-0.39, 0.29) is 0 Å². The lowest BCUT2D eigenvalue weighted by Crippen LogP contribution is -2.00. The number of fused-ring (bicyclic) bond motifs is 1. The highest BCUT2D eigenvalue weighted by atomic mass is 31.2. The average molecular weight is 304 g/mol. The third-order valence-corrected chi connectivity index (χ3v) is 5.06. The minimum absolute atomic E-state index is 0.373. The van der Waals surface area contributed by atoms with Crippen LogP contribution < -0.4 is 4.52 Å². The van der Waals surface area contributed by atoms with Crippen LogP contribution in [0, 0.1) is 0 Å². The van der Waals surface area contributed by atoms with Gasteiger partial charge in [-0.1, -0.05) is 48.0 Å². The van der Waals surface area contributed by atoms with Crippen molar-refractivity contribution < 1.29 is 13.6 Å². The molecule has 3 nitrogen and oxygen atoms in total. The second-order valence-corrected chi connectivity index (χ2v) is 7.37. The van der Waals surface area contributed by atoms with Crippen LogP contribution in [0.15, 0.2) is 54.1 Å². The molecule has 0 aliphatic rings. The first-order chi connectivity index (χ1) is 10.0. The summed E-state index contributed by atoms with van der Waals surface area (Å²) in [6.07, 6.45) is 3.09. The van der Waals surface area contributed by atoms with Gasteiger partial charge in [0, 0.05) is 12.5 Å². The molecule has 21 heavy (non-hydrogen) atoms. The maximum absolute atomic E-state index is 12.7. The third-order valence-electron chi connectivity index (χ3n) is 3.22. The van der Waals surface area contributed by atoms with E-state index >= 15 is 0 Å². The van der Waals surface area contributed by atoms with Crippen LogP contribution in [0.5, 0.6) is 5.75 Å². The number of allylic oxidation sites excluding steroid dienone is 2. The van der Waals surface area contributed by atoms with Crippen LogP contribution >= 0.6 is 7.60 Å². The van der Waals surface area contributed by atoms with Crippen molar-refractivity contribution in [3.8, 4) is 5.75 Å². The van der Waals surface area contributed by atoms with Crippen molar-refractivity contribution in [3.63, 3.8) is 0 Å². The monoisotopic (exact) mass is 304 g/mol. The topological polar surface area (TPSA) is 35.5 Å². The summed E-state index contributed by atoms with van der Waals surface area (Å²) in [6, 6.07) is 13.6. The molecule has 0 bridgehead atoms. The predicted molar refractivity (Wildman–Crippen MR) is 88.1 cm³/mol. The average Bonchev–Trinajstić information content (AvgIpc) is 2.47. The van der Waals surface area contributed by atoms with Crippen molar-refractivity contribution in [1.29, 1.82) is 0 Å². The van der Waals surface area contributed by atoms with Crippen molar-refractivity contribution in [2.45, 2.75) is 20.3 Å². The van der Waals surface area contributed by atoms with Crippen LogP contribution in [0.4, 0.5) is 0 Å². The van der Waals surface area contributed by atoms with Gasteiger partial charge >= 0.3 is 7.60 Å². The molecular weight excluding hydrogens is 283 g/mol. The van der Waals surface area contributed by atoms with Gasteiger partial charge < -0.3 is 9.05 Å². The number of benzene rings is 2. The standard InChI is InChI=1S/C17H21O3P/c1-14(2)8-7-13-21(18,19-3)20-17-12-6-10-15-9-4-5-11-16(15)17/h4-6,8-12H,7,13H2,1-3H3. The second-order valence-electron chi connectivity index (χ2n) is 5.16. The zero-order valence-corrected chi connectivity index (χ0v) is 13.6. The van der Waals surface area contributed by atoms with Gasteiger partial charge in [0.05, 0.1) is 6.16 Å². The molecule has 2 rings (SSSR count). The normalized spacial score (nSPS) is 13.7. The summed E-state index contributed by atoms with van der Waals surface area (Å²) >= 11 is 0. The molecule has 1 unspecified atom stereocenters. The molecule has 4 heteroatoms. The van der Waals surface area contributed by atoms with E-state index in [0.29, 0.717) is 18.3 Å². The van der Waals surface area contributed by atoms with Gasteiger partial charge in [0.1, 0.15) is 5.75 Å². The summed E-state index contributed by atoms with van der Waals surface area (Å²) in [5.74, 6) is 0.607. The minimum Gasteiger partial charge on any atom is -0.424 e. The molecule has 0 aliphatic heterocycles. The lowest BCUT2D eigenvalue weighted by atomic mass is 10.1. The molecule has 0 saturated heterocycles. The summed E-state index contributed by atoms with van der Waals surface area (Å²) in [7, 11) is -1.69. The Hall–Kier alpha value is -1.57. The summed E-state index contributed by atoms with van der Waals surface area (Å²) in [6.45, 7) is 4.03. The Morgan fingerprint density at radius 3 is 2.57 bits per heavy atom. The first kappa shape index (κ1) is 15.8. The first-order valence-corrected chi connectivity index (χ1v) is 8.72. The fourth-order valence-electron chi connectivity index (χ4n) is 2.11. The molecule has 0 aliphatic carbocycles. The summed E-state index contributed by atoms with van der Waals surface area (Å²) < 4.78 is 23.6. The van der Waals surface area contributed by atoms with Gasteiger partial charge in [-0.3, -0.25) is 0 Å². The molecule has 0 radical (unpaired) electrons. The molecule has 0 fully saturated rings. The van der Waals surface area contributed by atoms with Crippen molar-refractivity contribution in [2.24, 2.45) is 0 Å². The Morgan fingerprint density at radius 1 is 1.14 bits per heavy atom. The second kappa shape index (κ2) is 6.93. The van der Waals surface area contributed by atoms with Crippen LogP contribution in [0.3, 0.4) is 0 Å². The van der Waals surface area contributed by atoms with Gasteiger partial charge in [-0.2, -0.15) is 0 Å². The van der Waals surface area contributed by atoms with E-state index in [9.17, 15) is 4.57 Å². The lowest BCUT2D eigenvalue weighted by molar-refractivity contribution is 0.323. The van der Waals surface area contributed by atoms with Crippen LogP contribution in [-0.2, 0) is 9.09 Å². The third kappa shape index (κ3) is 4.20. The highest BCUT2D eigenvalue weighted by molar-refractivity contribution is 7.54. The summed E-state index contributed by atoms with van der Waals surface area (Å²) in [4.78, 5) is 0. The van der Waals surface area contributed by atoms with Gasteiger partial charge in [-0.05, 0) is 31.7 Å². The van der Waals surface area contributed by atoms with Gasteiger partial charge in [0.15, 0.2) is 0 Å². The molecule has 1 atom stereocenters. The highest BCUT2D eigenvalue weighted by Crippen LogP contribution is 2.49. The van der Waals surface area contributed by atoms with Gasteiger partial charge in [0.2, 0.25) is 0 Å². The van der Waals surface area contributed by atoms with E-state index in [1.54, 1.807) is 0 Å². The fraction of sp³-hybridized carbons (Fsp3) is 0.294. The van der Waals surface area contributed by atoms with E-state index in [0.717, 1.165) is 10.8 Å². The molecule has 0 amide bonds.